The van der Waals surface area contributed by atoms with Crippen molar-refractivity contribution in [3.63, 3.8) is 0 Å². The fourth-order valence-corrected chi connectivity index (χ4v) is 3.57. The number of benzene rings is 2. The van der Waals surface area contributed by atoms with E-state index in [1.807, 2.05) is 0 Å². The Kier molecular flexibility index (Phi) is 6.91. The molecule has 1 fully saturated rings. The normalized spacial score (nSPS) is 14.8. The predicted octanol–water partition coefficient (Wildman–Crippen LogP) is 3.59. The first-order valence-corrected chi connectivity index (χ1v) is 10.2. The Hall–Kier alpha value is -3.11. The smallest absolute Gasteiger partial charge is 0.341 e. The molecule has 3 rings (SSSR count). The van der Waals surface area contributed by atoms with Crippen LogP contribution in [-0.4, -0.2) is 46.2 Å². The molecule has 0 atom stereocenters. The number of thioether (sulfide) groups is 1. The van der Waals surface area contributed by atoms with Crippen molar-refractivity contribution in [2.75, 3.05) is 18.5 Å². The second-order valence-electron chi connectivity index (χ2n) is 6.07. The quantitative estimate of drug-likeness (QED) is 0.570. The van der Waals surface area contributed by atoms with Gasteiger partial charge in [-0.2, -0.15) is 0 Å². The van der Waals surface area contributed by atoms with Gasteiger partial charge >= 0.3 is 5.97 Å². The van der Waals surface area contributed by atoms with Crippen molar-refractivity contribution in [3.8, 4) is 5.75 Å². The Labute approximate surface area is 184 Å². The summed E-state index contributed by atoms with van der Waals surface area (Å²) in [4.78, 5) is 48.5. The summed E-state index contributed by atoms with van der Waals surface area (Å²) in [6.07, 6.45) is 1.53. The zero-order chi connectivity index (χ0) is 21.7. The highest BCUT2D eigenvalue weighted by Crippen LogP contribution is 2.32. The molecular formula is C20H15BrN2O6S. The second kappa shape index (κ2) is 9.59. The molecule has 3 amide bonds. The molecule has 2 N–H and O–H groups in total. The van der Waals surface area contributed by atoms with Crippen LogP contribution in [0.3, 0.4) is 0 Å². The van der Waals surface area contributed by atoms with Crippen LogP contribution in [-0.2, 0) is 14.4 Å². The van der Waals surface area contributed by atoms with E-state index in [2.05, 4.69) is 21.2 Å². The van der Waals surface area contributed by atoms with E-state index in [1.54, 1.807) is 48.5 Å². The van der Waals surface area contributed by atoms with E-state index in [0.717, 1.165) is 21.1 Å². The van der Waals surface area contributed by atoms with E-state index in [9.17, 15) is 19.2 Å². The van der Waals surface area contributed by atoms with Crippen LogP contribution in [0.25, 0.3) is 6.08 Å². The van der Waals surface area contributed by atoms with Crippen LogP contribution >= 0.6 is 27.7 Å². The number of nitrogens with one attached hydrogen (secondary N) is 1. The van der Waals surface area contributed by atoms with Crippen LogP contribution in [0.4, 0.5) is 10.5 Å². The number of carboxylic acids is 1. The largest absolute Gasteiger partial charge is 0.482 e. The van der Waals surface area contributed by atoms with Crippen LogP contribution in [0.5, 0.6) is 5.75 Å². The summed E-state index contributed by atoms with van der Waals surface area (Å²) in [7, 11) is 0. The average Bonchev–Trinajstić information content (AvgIpc) is 2.96. The minimum atomic E-state index is -1.09. The Bertz CT molecular complexity index is 1020. The maximum absolute atomic E-state index is 12.5. The number of aliphatic carboxylic acids is 1. The Morgan fingerprint density at radius 3 is 2.40 bits per heavy atom. The third-order valence-corrected chi connectivity index (χ3v) is 5.28. The third-order valence-electron chi connectivity index (χ3n) is 3.84. The van der Waals surface area contributed by atoms with Crippen LogP contribution < -0.4 is 10.1 Å². The number of halogens is 1. The van der Waals surface area contributed by atoms with E-state index >= 15 is 0 Å². The summed E-state index contributed by atoms with van der Waals surface area (Å²) in [5.74, 6) is -1.76. The van der Waals surface area contributed by atoms with Crippen molar-refractivity contribution < 1.29 is 29.0 Å². The lowest BCUT2D eigenvalue weighted by Crippen LogP contribution is -2.36. The molecule has 2 aromatic carbocycles. The molecule has 0 aliphatic carbocycles. The van der Waals surface area contributed by atoms with Crippen molar-refractivity contribution >= 4 is 62.5 Å². The minimum Gasteiger partial charge on any atom is -0.482 e. The molecular weight excluding hydrogens is 476 g/mol. The average molecular weight is 491 g/mol. The molecule has 10 heteroatoms. The van der Waals surface area contributed by atoms with E-state index < -0.39 is 29.6 Å². The van der Waals surface area contributed by atoms with Gasteiger partial charge in [0.15, 0.2) is 6.61 Å². The Balaban J connectivity index is 1.62. The monoisotopic (exact) mass is 490 g/mol. The van der Waals surface area contributed by atoms with Crippen molar-refractivity contribution in [2.24, 2.45) is 0 Å². The molecule has 1 aliphatic rings. The molecule has 0 aromatic heterocycles. The number of rotatable bonds is 7. The number of carbonyl (C=O) groups is 4. The van der Waals surface area contributed by atoms with Crippen molar-refractivity contribution in [1.29, 1.82) is 0 Å². The van der Waals surface area contributed by atoms with Crippen molar-refractivity contribution in [3.05, 3.63) is 63.5 Å². The maximum Gasteiger partial charge on any atom is 0.341 e. The zero-order valence-electron chi connectivity index (χ0n) is 15.3. The number of ether oxygens (including phenoxy) is 1. The maximum atomic E-state index is 12.5. The highest BCUT2D eigenvalue weighted by molar-refractivity contribution is 9.10. The van der Waals surface area contributed by atoms with Gasteiger partial charge in [0.05, 0.1) is 4.91 Å². The number of carboxylic acid groups (broad SMARTS) is 1. The molecule has 0 bridgehead atoms. The van der Waals surface area contributed by atoms with Crippen molar-refractivity contribution in [2.45, 2.75) is 0 Å². The van der Waals surface area contributed by atoms with Gasteiger partial charge in [-0.1, -0.05) is 28.1 Å². The lowest BCUT2D eigenvalue weighted by Gasteiger charge is -2.12. The molecule has 0 unspecified atom stereocenters. The first kappa shape index (κ1) is 21.6. The summed E-state index contributed by atoms with van der Waals surface area (Å²) < 4.78 is 5.90. The van der Waals surface area contributed by atoms with Gasteiger partial charge in [0.1, 0.15) is 12.3 Å². The molecule has 0 radical (unpaired) electrons. The van der Waals surface area contributed by atoms with Gasteiger partial charge in [-0.15, -0.1) is 0 Å². The minimum absolute atomic E-state index is 0.190. The van der Waals surface area contributed by atoms with Gasteiger partial charge in [-0.25, -0.2) is 4.79 Å². The Morgan fingerprint density at radius 1 is 1.10 bits per heavy atom. The van der Waals surface area contributed by atoms with E-state index in [4.69, 9.17) is 9.84 Å². The first-order chi connectivity index (χ1) is 14.3. The number of imide groups is 1. The van der Waals surface area contributed by atoms with Gasteiger partial charge in [-0.05, 0) is 59.8 Å². The first-order valence-electron chi connectivity index (χ1n) is 8.57. The third kappa shape index (κ3) is 5.71. The molecule has 1 aliphatic heterocycles. The van der Waals surface area contributed by atoms with Gasteiger partial charge in [0, 0.05) is 10.2 Å². The van der Waals surface area contributed by atoms with E-state index in [0.29, 0.717) is 17.0 Å². The molecule has 0 spiro atoms. The van der Waals surface area contributed by atoms with Crippen LogP contribution in [0.1, 0.15) is 5.56 Å². The number of nitrogens with zero attached hydrogens (tertiary/aromatic N) is 1. The number of amides is 3. The molecule has 2 aromatic rings. The highest BCUT2D eigenvalue weighted by atomic mass is 79.9. The van der Waals surface area contributed by atoms with Crippen LogP contribution in [0.2, 0.25) is 0 Å². The van der Waals surface area contributed by atoms with Crippen molar-refractivity contribution in [1.82, 2.24) is 4.90 Å². The SMILES string of the molecule is O=C(O)COc1ccc(/C=C2/SC(=O)N(CC(=O)Nc3ccc(Br)cc3)C2=O)cc1. The van der Waals surface area contributed by atoms with Gasteiger partial charge in [0.2, 0.25) is 5.91 Å². The topological polar surface area (TPSA) is 113 Å². The lowest BCUT2D eigenvalue weighted by atomic mass is 10.2. The van der Waals surface area contributed by atoms with Gasteiger partial charge in [0.25, 0.3) is 11.1 Å². The number of hydrogen-bond donors (Lipinski definition) is 2. The summed E-state index contributed by atoms with van der Waals surface area (Å²) >= 11 is 4.05. The molecule has 0 saturated carbocycles. The van der Waals surface area contributed by atoms with E-state index in [1.165, 1.54) is 6.08 Å². The fraction of sp³-hybridized carbons (Fsp3) is 0.100. The fourth-order valence-electron chi connectivity index (χ4n) is 2.47. The molecule has 1 heterocycles. The summed E-state index contributed by atoms with van der Waals surface area (Å²) in [6, 6.07) is 13.3. The lowest BCUT2D eigenvalue weighted by molar-refractivity contribution is -0.139. The molecule has 30 heavy (non-hydrogen) atoms. The number of carbonyl (C=O) groups excluding carboxylic acids is 3. The van der Waals surface area contributed by atoms with Gasteiger partial charge < -0.3 is 15.2 Å². The molecule has 154 valence electrons. The standard InChI is InChI=1S/C20H15BrN2O6S/c21-13-3-5-14(6-4-13)22-17(24)10-23-19(27)16(30-20(23)28)9-12-1-7-15(8-2-12)29-11-18(25)26/h1-9H,10-11H2,(H,22,24)(H,25,26)/b16-9+. The summed E-state index contributed by atoms with van der Waals surface area (Å²) in [5.41, 5.74) is 1.18. The van der Waals surface area contributed by atoms with Gasteiger partial charge in [-0.3, -0.25) is 19.3 Å². The molecule has 8 nitrogen and oxygen atoms in total. The molecule has 1 saturated heterocycles. The summed E-state index contributed by atoms with van der Waals surface area (Å²) in [5, 5.41) is 10.7. The Morgan fingerprint density at radius 2 is 1.77 bits per heavy atom. The van der Waals surface area contributed by atoms with Crippen LogP contribution in [0, 0.1) is 0 Å². The summed E-state index contributed by atoms with van der Waals surface area (Å²) in [6.45, 7) is -0.847. The highest BCUT2D eigenvalue weighted by Gasteiger charge is 2.36. The van der Waals surface area contributed by atoms with Crippen LogP contribution in [0.15, 0.2) is 57.9 Å². The predicted molar refractivity (Wildman–Crippen MR) is 115 cm³/mol. The second-order valence-corrected chi connectivity index (χ2v) is 7.98. The number of anilines is 1. The van der Waals surface area contributed by atoms with E-state index in [-0.39, 0.29) is 11.4 Å². The zero-order valence-corrected chi connectivity index (χ0v) is 17.7. The number of hydrogen-bond acceptors (Lipinski definition) is 6.